The summed E-state index contributed by atoms with van der Waals surface area (Å²) in [5.41, 5.74) is 4.30. The number of carbonyl (C=O) groups is 1. The first-order valence-electron chi connectivity index (χ1n) is 9.52. The molecule has 0 N–H and O–H groups in total. The van der Waals surface area contributed by atoms with Crippen LogP contribution in [-0.4, -0.2) is 24.3 Å². The summed E-state index contributed by atoms with van der Waals surface area (Å²) < 4.78 is 25.7. The molecule has 1 atom stereocenters. The summed E-state index contributed by atoms with van der Waals surface area (Å²) in [4.78, 5) is 14.0. The number of benzene rings is 3. The van der Waals surface area contributed by atoms with Crippen molar-refractivity contribution >= 4 is 6.09 Å². The Kier molecular flexibility index (Phi) is 5.21. The van der Waals surface area contributed by atoms with E-state index in [0.29, 0.717) is 29.8 Å². The summed E-state index contributed by atoms with van der Waals surface area (Å²) in [5.74, 6) is 0.239. The largest absolute Gasteiger partial charge is 0.453 e. The molecule has 5 heteroatoms. The fourth-order valence-electron chi connectivity index (χ4n) is 3.56. The van der Waals surface area contributed by atoms with Crippen molar-refractivity contribution in [3.8, 4) is 16.9 Å². The molecule has 0 bridgehead atoms. The molecule has 0 aliphatic carbocycles. The standard InChI is InChI=1S/C24H22FNO3/c1-16-8-6-7-11-20(16)21-14-19(25)12-18-13-22(28-23(18)21)29-24(27)26(2)15-17-9-4-3-5-10-17/h3-12,14,22H,13,15H2,1-2H3. The topological polar surface area (TPSA) is 38.8 Å². The van der Waals surface area contributed by atoms with Gasteiger partial charge >= 0.3 is 6.09 Å². The lowest BCUT2D eigenvalue weighted by Crippen LogP contribution is -2.32. The fraction of sp³-hybridized carbons (Fsp3) is 0.208. The van der Waals surface area contributed by atoms with E-state index in [9.17, 15) is 9.18 Å². The molecule has 0 saturated heterocycles. The SMILES string of the molecule is Cc1ccccc1-c1cc(F)cc2c1OC(OC(=O)N(C)Cc1ccccc1)C2. The van der Waals surface area contributed by atoms with Gasteiger partial charge in [-0.25, -0.2) is 9.18 Å². The number of nitrogens with zero attached hydrogens (tertiary/aromatic N) is 1. The highest BCUT2D eigenvalue weighted by molar-refractivity contribution is 5.76. The van der Waals surface area contributed by atoms with Crippen LogP contribution in [0.25, 0.3) is 11.1 Å². The molecule has 0 radical (unpaired) electrons. The highest BCUT2D eigenvalue weighted by Crippen LogP contribution is 2.41. The molecular formula is C24H22FNO3. The maximum absolute atomic E-state index is 14.2. The van der Waals surface area contributed by atoms with E-state index in [-0.39, 0.29) is 5.82 Å². The van der Waals surface area contributed by atoms with E-state index in [2.05, 4.69) is 0 Å². The van der Waals surface area contributed by atoms with Gasteiger partial charge in [-0.3, -0.25) is 0 Å². The summed E-state index contributed by atoms with van der Waals surface area (Å²) in [5, 5.41) is 0. The number of amides is 1. The first-order valence-corrected chi connectivity index (χ1v) is 9.52. The molecule has 29 heavy (non-hydrogen) atoms. The van der Waals surface area contributed by atoms with Crippen molar-refractivity contribution in [1.82, 2.24) is 4.90 Å². The Labute approximate surface area is 169 Å². The van der Waals surface area contributed by atoms with Crippen LogP contribution in [0.15, 0.2) is 66.7 Å². The number of ether oxygens (including phenoxy) is 2. The van der Waals surface area contributed by atoms with E-state index < -0.39 is 12.4 Å². The molecule has 1 aliphatic heterocycles. The van der Waals surface area contributed by atoms with Gasteiger partial charge in [0, 0.05) is 24.7 Å². The van der Waals surface area contributed by atoms with Gasteiger partial charge in [0.1, 0.15) is 11.6 Å². The van der Waals surface area contributed by atoms with Crippen LogP contribution >= 0.6 is 0 Å². The number of rotatable bonds is 4. The van der Waals surface area contributed by atoms with Crippen LogP contribution < -0.4 is 4.74 Å². The molecule has 3 aromatic carbocycles. The van der Waals surface area contributed by atoms with E-state index in [1.54, 1.807) is 7.05 Å². The second-order valence-corrected chi connectivity index (χ2v) is 7.23. The molecule has 0 aromatic heterocycles. The predicted molar refractivity (Wildman–Crippen MR) is 109 cm³/mol. The van der Waals surface area contributed by atoms with Crippen LogP contribution in [-0.2, 0) is 17.7 Å². The lowest BCUT2D eigenvalue weighted by Gasteiger charge is -2.20. The number of carbonyl (C=O) groups excluding carboxylic acids is 1. The van der Waals surface area contributed by atoms with Gasteiger partial charge in [-0.05, 0) is 35.7 Å². The molecule has 1 heterocycles. The zero-order chi connectivity index (χ0) is 20.4. The van der Waals surface area contributed by atoms with Gasteiger partial charge in [0.15, 0.2) is 0 Å². The van der Waals surface area contributed by atoms with E-state index in [4.69, 9.17) is 9.47 Å². The Morgan fingerprint density at radius 3 is 2.59 bits per heavy atom. The Morgan fingerprint density at radius 1 is 1.10 bits per heavy atom. The quantitative estimate of drug-likeness (QED) is 0.603. The van der Waals surface area contributed by atoms with E-state index in [1.807, 2.05) is 61.5 Å². The van der Waals surface area contributed by atoms with Crippen molar-refractivity contribution in [1.29, 1.82) is 0 Å². The number of hydrogen-bond acceptors (Lipinski definition) is 3. The maximum Gasteiger partial charge on any atom is 0.412 e. The molecule has 0 fully saturated rings. The molecule has 0 spiro atoms. The van der Waals surface area contributed by atoms with Gasteiger partial charge in [0.05, 0.1) is 6.42 Å². The van der Waals surface area contributed by atoms with Crippen LogP contribution in [0.5, 0.6) is 5.75 Å². The molecule has 1 aliphatic rings. The van der Waals surface area contributed by atoms with Crippen LogP contribution in [0.1, 0.15) is 16.7 Å². The molecular weight excluding hydrogens is 369 g/mol. The minimum Gasteiger partial charge on any atom is -0.453 e. The Morgan fingerprint density at radius 2 is 1.83 bits per heavy atom. The average Bonchev–Trinajstić information content (AvgIpc) is 3.10. The minimum absolute atomic E-state index is 0.316. The molecule has 3 aromatic rings. The summed E-state index contributed by atoms with van der Waals surface area (Å²) in [6, 6.07) is 20.3. The normalized spacial score (nSPS) is 14.8. The van der Waals surface area contributed by atoms with Gasteiger partial charge in [-0.2, -0.15) is 0 Å². The summed E-state index contributed by atoms with van der Waals surface area (Å²) in [6.45, 7) is 2.40. The Balaban J connectivity index is 1.50. The first kappa shape index (κ1) is 19.0. The lowest BCUT2D eigenvalue weighted by molar-refractivity contribution is -0.0301. The van der Waals surface area contributed by atoms with Gasteiger partial charge in [-0.15, -0.1) is 0 Å². The number of hydrogen-bond donors (Lipinski definition) is 0. The fourth-order valence-corrected chi connectivity index (χ4v) is 3.56. The van der Waals surface area contributed by atoms with E-state index >= 15 is 0 Å². The number of aryl methyl sites for hydroxylation is 1. The van der Waals surface area contributed by atoms with Crippen LogP contribution in [0.2, 0.25) is 0 Å². The molecule has 148 valence electrons. The predicted octanol–water partition coefficient (Wildman–Crippen LogP) is 5.33. The molecule has 0 saturated carbocycles. The third-order valence-corrected chi connectivity index (χ3v) is 5.01. The minimum atomic E-state index is -0.778. The zero-order valence-electron chi connectivity index (χ0n) is 16.4. The van der Waals surface area contributed by atoms with Crippen molar-refractivity contribution in [2.24, 2.45) is 0 Å². The van der Waals surface area contributed by atoms with Gasteiger partial charge in [-0.1, -0.05) is 54.6 Å². The summed E-state index contributed by atoms with van der Waals surface area (Å²) in [7, 11) is 1.68. The van der Waals surface area contributed by atoms with Gasteiger partial charge in [0.25, 0.3) is 0 Å². The van der Waals surface area contributed by atoms with E-state index in [1.165, 1.54) is 17.0 Å². The average molecular weight is 391 g/mol. The molecule has 1 unspecified atom stereocenters. The smallest absolute Gasteiger partial charge is 0.412 e. The van der Waals surface area contributed by atoms with Crippen molar-refractivity contribution in [3.63, 3.8) is 0 Å². The van der Waals surface area contributed by atoms with Crippen molar-refractivity contribution in [2.45, 2.75) is 26.2 Å². The van der Waals surface area contributed by atoms with Crippen LogP contribution in [0, 0.1) is 12.7 Å². The maximum atomic E-state index is 14.2. The van der Waals surface area contributed by atoms with Crippen molar-refractivity contribution in [3.05, 3.63) is 89.2 Å². The Bertz CT molecular complexity index is 1040. The van der Waals surface area contributed by atoms with Crippen molar-refractivity contribution in [2.75, 3.05) is 7.05 Å². The van der Waals surface area contributed by atoms with Gasteiger partial charge < -0.3 is 14.4 Å². The molecule has 4 rings (SSSR count). The van der Waals surface area contributed by atoms with Gasteiger partial charge in [0.2, 0.25) is 6.29 Å². The number of halogens is 1. The third-order valence-electron chi connectivity index (χ3n) is 5.01. The first-order chi connectivity index (χ1) is 14.0. The Hall–Kier alpha value is -3.34. The van der Waals surface area contributed by atoms with E-state index in [0.717, 1.165) is 16.7 Å². The molecule has 1 amide bonds. The second kappa shape index (κ2) is 7.95. The summed E-state index contributed by atoms with van der Waals surface area (Å²) >= 11 is 0. The van der Waals surface area contributed by atoms with Crippen molar-refractivity contribution < 1.29 is 18.7 Å². The summed E-state index contributed by atoms with van der Waals surface area (Å²) in [6.07, 6.45) is -0.943. The van der Waals surface area contributed by atoms with Crippen LogP contribution in [0.3, 0.4) is 0 Å². The monoisotopic (exact) mass is 391 g/mol. The second-order valence-electron chi connectivity index (χ2n) is 7.23. The highest BCUT2D eigenvalue weighted by Gasteiger charge is 2.30. The van der Waals surface area contributed by atoms with Crippen LogP contribution in [0.4, 0.5) is 9.18 Å². The highest BCUT2D eigenvalue weighted by atomic mass is 19.1. The third kappa shape index (κ3) is 4.09. The lowest BCUT2D eigenvalue weighted by atomic mass is 9.97. The number of fused-ring (bicyclic) bond motifs is 1. The zero-order valence-corrected chi connectivity index (χ0v) is 16.4. The molecule has 4 nitrogen and oxygen atoms in total.